The molecular formula is C21H32N2O5. The maximum atomic E-state index is 12.5. The Morgan fingerprint density at radius 3 is 2.07 bits per heavy atom. The summed E-state index contributed by atoms with van der Waals surface area (Å²) >= 11 is 0. The third kappa shape index (κ3) is 7.58. The van der Waals surface area contributed by atoms with Crippen molar-refractivity contribution in [2.45, 2.75) is 65.6 Å². The Morgan fingerprint density at radius 2 is 1.61 bits per heavy atom. The number of carbonyl (C=O) groups excluding carboxylic acids is 3. The van der Waals surface area contributed by atoms with E-state index in [0.29, 0.717) is 12.8 Å². The summed E-state index contributed by atoms with van der Waals surface area (Å²) in [6.07, 6.45) is 1.18. The molecule has 0 spiro atoms. The van der Waals surface area contributed by atoms with E-state index in [1.54, 1.807) is 7.11 Å². The second kappa shape index (κ2) is 11.3. The van der Waals surface area contributed by atoms with E-state index in [1.807, 2.05) is 52.0 Å². The molecule has 0 radical (unpaired) electrons. The normalized spacial score (nSPS) is 11.9. The number of carbonyl (C=O) groups is 3. The van der Waals surface area contributed by atoms with Crippen molar-refractivity contribution >= 4 is 17.8 Å². The van der Waals surface area contributed by atoms with Gasteiger partial charge >= 0.3 is 17.8 Å². The van der Waals surface area contributed by atoms with Gasteiger partial charge in [-0.05, 0) is 58.2 Å². The van der Waals surface area contributed by atoms with Crippen molar-refractivity contribution in [2.24, 2.45) is 0 Å². The Kier molecular flexibility index (Phi) is 9.48. The van der Waals surface area contributed by atoms with Crippen LogP contribution >= 0.6 is 0 Å². The SMILES string of the molecule is COc1ccc(CCC(COC(C)=O)NC(=O)C(=O)N(C(C)C)C(C)C)cc1. The maximum absolute atomic E-state index is 12.5. The van der Waals surface area contributed by atoms with Gasteiger partial charge < -0.3 is 19.7 Å². The Balaban J connectivity index is 2.77. The van der Waals surface area contributed by atoms with Crippen molar-refractivity contribution in [3.05, 3.63) is 29.8 Å². The minimum absolute atomic E-state index is 0.0217. The molecule has 1 atom stereocenters. The predicted molar refractivity (Wildman–Crippen MR) is 107 cm³/mol. The highest BCUT2D eigenvalue weighted by molar-refractivity contribution is 6.35. The number of methoxy groups -OCH3 is 1. The van der Waals surface area contributed by atoms with E-state index in [2.05, 4.69) is 5.32 Å². The molecule has 1 aromatic rings. The zero-order chi connectivity index (χ0) is 21.3. The average Bonchev–Trinajstić information content (AvgIpc) is 2.63. The largest absolute Gasteiger partial charge is 0.497 e. The predicted octanol–water partition coefficient (Wildman–Crippen LogP) is 2.32. The molecule has 1 rings (SSSR count). The molecule has 7 heteroatoms. The molecule has 2 amide bonds. The summed E-state index contributed by atoms with van der Waals surface area (Å²) in [5.41, 5.74) is 1.06. The lowest BCUT2D eigenvalue weighted by molar-refractivity contribution is -0.149. The van der Waals surface area contributed by atoms with E-state index in [1.165, 1.54) is 11.8 Å². The molecule has 0 saturated heterocycles. The molecule has 1 unspecified atom stereocenters. The molecule has 1 aromatic carbocycles. The highest BCUT2D eigenvalue weighted by Gasteiger charge is 2.28. The van der Waals surface area contributed by atoms with Crippen molar-refractivity contribution in [2.75, 3.05) is 13.7 Å². The lowest BCUT2D eigenvalue weighted by Crippen LogP contribution is -2.52. The van der Waals surface area contributed by atoms with Crippen LogP contribution in [0.4, 0.5) is 0 Å². The zero-order valence-electron chi connectivity index (χ0n) is 17.7. The van der Waals surface area contributed by atoms with Crippen LogP contribution in [0.2, 0.25) is 0 Å². The van der Waals surface area contributed by atoms with Gasteiger partial charge in [-0.15, -0.1) is 0 Å². The van der Waals surface area contributed by atoms with Gasteiger partial charge in [0.2, 0.25) is 0 Å². The first kappa shape index (κ1) is 23.5. The number of amides is 2. The van der Waals surface area contributed by atoms with Crippen molar-refractivity contribution < 1.29 is 23.9 Å². The third-order valence-electron chi connectivity index (χ3n) is 4.30. The molecule has 0 aliphatic heterocycles. The lowest BCUT2D eigenvalue weighted by Gasteiger charge is -2.30. The first-order chi connectivity index (χ1) is 13.1. The van der Waals surface area contributed by atoms with Crippen LogP contribution in [0, 0.1) is 0 Å². The van der Waals surface area contributed by atoms with Gasteiger partial charge in [-0.25, -0.2) is 0 Å². The summed E-state index contributed by atoms with van der Waals surface area (Å²) in [5, 5.41) is 2.72. The summed E-state index contributed by atoms with van der Waals surface area (Å²) in [6, 6.07) is 6.96. The first-order valence-corrected chi connectivity index (χ1v) is 9.55. The van der Waals surface area contributed by atoms with Gasteiger partial charge in [0.05, 0.1) is 13.2 Å². The Labute approximate surface area is 167 Å². The van der Waals surface area contributed by atoms with Gasteiger partial charge in [0, 0.05) is 19.0 Å². The molecule has 0 aromatic heterocycles. The fourth-order valence-electron chi connectivity index (χ4n) is 2.98. The number of hydrogen-bond acceptors (Lipinski definition) is 5. The standard InChI is InChI=1S/C21H32N2O5/c1-14(2)23(15(3)4)21(26)20(25)22-18(13-28-16(5)24)10-7-17-8-11-19(27-6)12-9-17/h8-9,11-12,14-15,18H,7,10,13H2,1-6H3,(H,22,25). The second-order valence-corrected chi connectivity index (χ2v) is 7.26. The Hall–Kier alpha value is -2.57. The molecule has 1 N–H and O–H groups in total. The van der Waals surface area contributed by atoms with Crippen LogP contribution in [-0.4, -0.2) is 54.5 Å². The van der Waals surface area contributed by atoms with Crippen molar-refractivity contribution in [1.29, 1.82) is 0 Å². The number of rotatable bonds is 9. The van der Waals surface area contributed by atoms with E-state index in [0.717, 1.165) is 11.3 Å². The number of esters is 1. The summed E-state index contributed by atoms with van der Waals surface area (Å²) in [4.78, 5) is 37.7. The van der Waals surface area contributed by atoms with E-state index in [-0.39, 0.29) is 18.7 Å². The lowest BCUT2D eigenvalue weighted by atomic mass is 10.1. The molecule has 0 bridgehead atoms. The molecule has 0 heterocycles. The molecule has 28 heavy (non-hydrogen) atoms. The fraction of sp³-hybridized carbons (Fsp3) is 0.571. The van der Waals surface area contributed by atoms with E-state index in [4.69, 9.17) is 9.47 Å². The summed E-state index contributed by atoms with van der Waals surface area (Å²) in [7, 11) is 1.61. The van der Waals surface area contributed by atoms with Crippen LogP contribution in [0.5, 0.6) is 5.75 Å². The quantitative estimate of drug-likeness (QED) is 0.515. The Bertz CT molecular complexity index is 647. The maximum Gasteiger partial charge on any atom is 0.312 e. The zero-order valence-corrected chi connectivity index (χ0v) is 17.7. The number of nitrogens with zero attached hydrogens (tertiary/aromatic N) is 1. The third-order valence-corrected chi connectivity index (χ3v) is 4.30. The van der Waals surface area contributed by atoms with E-state index >= 15 is 0 Å². The smallest absolute Gasteiger partial charge is 0.312 e. The molecule has 0 fully saturated rings. The number of benzene rings is 1. The van der Waals surface area contributed by atoms with Crippen LogP contribution < -0.4 is 10.1 Å². The van der Waals surface area contributed by atoms with Crippen LogP contribution in [0.15, 0.2) is 24.3 Å². The van der Waals surface area contributed by atoms with Gasteiger partial charge in [0.25, 0.3) is 0 Å². The van der Waals surface area contributed by atoms with Crippen LogP contribution in [0.1, 0.15) is 46.6 Å². The number of hydrogen-bond donors (Lipinski definition) is 1. The minimum atomic E-state index is -0.686. The van der Waals surface area contributed by atoms with E-state index in [9.17, 15) is 14.4 Å². The monoisotopic (exact) mass is 392 g/mol. The van der Waals surface area contributed by atoms with Crippen LogP contribution in [-0.2, 0) is 25.5 Å². The summed E-state index contributed by atoms with van der Waals surface area (Å²) in [5.74, 6) is -0.931. The second-order valence-electron chi connectivity index (χ2n) is 7.26. The fourth-order valence-corrected chi connectivity index (χ4v) is 2.98. The van der Waals surface area contributed by atoms with Gasteiger partial charge in [0.1, 0.15) is 12.4 Å². The molecule has 0 aliphatic rings. The van der Waals surface area contributed by atoms with Crippen LogP contribution in [0.3, 0.4) is 0 Å². The molecule has 0 aliphatic carbocycles. The van der Waals surface area contributed by atoms with Crippen LogP contribution in [0.25, 0.3) is 0 Å². The summed E-state index contributed by atoms with van der Waals surface area (Å²) < 4.78 is 10.2. The van der Waals surface area contributed by atoms with E-state index < -0.39 is 23.8 Å². The molecule has 7 nitrogen and oxygen atoms in total. The Morgan fingerprint density at radius 1 is 1.04 bits per heavy atom. The number of nitrogens with one attached hydrogen (secondary N) is 1. The van der Waals surface area contributed by atoms with Gasteiger partial charge in [-0.2, -0.15) is 0 Å². The van der Waals surface area contributed by atoms with Gasteiger partial charge in [0.15, 0.2) is 0 Å². The average molecular weight is 392 g/mol. The van der Waals surface area contributed by atoms with Gasteiger partial charge in [-0.1, -0.05) is 12.1 Å². The highest BCUT2D eigenvalue weighted by Crippen LogP contribution is 2.14. The van der Waals surface area contributed by atoms with Crippen molar-refractivity contribution in [3.8, 4) is 5.75 Å². The van der Waals surface area contributed by atoms with Crippen molar-refractivity contribution in [3.63, 3.8) is 0 Å². The number of aryl methyl sites for hydroxylation is 1. The number of ether oxygens (including phenoxy) is 2. The molecule has 0 saturated carbocycles. The van der Waals surface area contributed by atoms with Gasteiger partial charge in [-0.3, -0.25) is 14.4 Å². The first-order valence-electron chi connectivity index (χ1n) is 9.55. The molecule has 156 valence electrons. The molecular weight excluding hydrogens is 360 g/mol. The summed E-state index contributed by atoms with van der Waals surface area (Å²) in [6.45, 7) is 8.80. The topological polar surface area (TPSA) is 84.9 Å². The van der Waals surface area contributed by atoms with Crippen molar-refractivity contribution in [1.82, 2.24) is 10.2 Å². The highest BCUT2D eigenvalue weighted by atomic mass is 16.5. The minimum Gasteiger partial charge on any atom is -0.497 e.